The van der Waals surface area contributed by atoms with Gasteiger partial charge in [-0.25, -0.2) is 18.6 Å². The number of aryl methyl sites for hydroxylation is 1. The van der Waals surface area contributed by atoms with Crippen molar-refractivity contribution in [2.24, 2.45) is 5.73 Å². The van der Waals surface area contributed by atoms with Crippen LogP contribution in [0.2, 0.25) is 0 Å². The van der Waals surface area contributed by atoms with E-state index in [1.54, 1.807) is 13.0 Å². The van der Waals surface area contributed by atoms with Crippen LogP contribution in [0.4, 0.5) is 8.78 Å². The van der Waals surface area contributed by atoms with Crippen LogP contribution in [-0.4, -0.2) is 32.7 Å². The van der Waals surface area contributed by atoms with Gasteiger partial charge in [-0.1, -0.05) is 6.07 Å². The molecule has 0 saturated heterocycles. The van der Waals surface area contributed by atoms with Crippen molar-refractivity contribution in [3.8, 4) is 0 Å². The molecule has 0 aliphatic carbocycles. The molecule has 0 atom stereocenters. The van der Waals surface area contributed by atoms with Crippen LogP contribution in [0.1, 0.15) is 21.7 Å². The molecule has 0 fully saturated rings. The van der Waals surface area contributed by atoms with E-state index in [-0.39, 0.29) is 6.54 Å². The highest BCUT2D eigenvalue weighted by Gasteiger charge is 2.13. The molecule has 0 aliphatic heterocycles. The Hall–Kier alpha value is -2.94. The van der Waals surface area contributed by atoms with Crippen LogP contribution >= 0.6 is 0 Å². The number of halogens is 2. The molecule has 3 aromatic rings. The summed E-state index contributed by atoms with van der Waals surface area (Å²) in [6.45, 7) is 2.01. The van der Waals surface area contributed by atoms with Gasteiger partial charge in [0.25, 0.3) is 5.78 Å². The molecule has 0 spiro atoms. The predicted octanol–water partition coefficient (Wildman–Crippen LogP) is 1.64. The van der Waals surface area contributed by atoms with E-state index in [9.17, 15) is 13.6 Å². The van der Waals surface area contributed by atoms with Gasteiger partial charge in [-0.3, -0.25) is 0 Å². The molecule has 9 heteroatoms. The Bertz CT molecular complexity index is 866. The average Bonchev–Trinajstić information content (AvgIpc) is 3.04. The Morgan fingerprint density at radius 1 is 1.29 bits per heavy atom. The third-order valence-corrected chi connectivity index (χ3v) is 2.99. The van der Waals surface area contributed by atoms with Crippen molar-refractivity contribution in [3.05, 3.63) is 59.2 Å². The fourth-order valence-electron chi connectivity index (χ4n) is 1.85. The number of carbonyl (C=O) groups excluding carboxylic acids is 1. The smallest absolute Gasteiger partial charge is 0.356 e. The molecule has 126 valence electrons. The zero-order valence-electron chi connectivity index (χ0n) is 13.0. The number of nitrogens with two attached hydrogens (primary N) is 1. The number of benzene rings is 1. The van der Waals surface area contributed by atoms with Gasteiger partial charge in [0.15, 0.2) is 17.3 Å². The van der Waals surface area contributed by atoms with Crippen LogP contribution in [0.3, 0.4) is 0 Å². The van der Waals surface area contributed by atoms with Crippen molar-refractivity contribution >= 4 is 11.7 Å². The Morgan fingerprint density at radius 3 is 2.67 bits per heavy atom. The van der Waals surface area contributed by atoms with Crippen molar-refractivity contribution in [2.75, 3.05) is 7.11 Å². The molecule has 0 aliphatic rings. The molecule has 0 unspecified atom stereocenters. The van der Waals surface area contributed by atoms with Crippen molar-refractivity contribution < 1.29 is 18.3 Å². The molecular formula is C15H15F2N5O2. The summed E-state index contributed by atoms with van der Waals surface area (Å²) >= 11 is 0. The van der Waals surface area contributed by atoms with Crippen LogP contribution in [0.5, 0.6) is 0 Å². The first-order valence-corrected chi connectivity index (χ1v) is 6.86. The second kappa shape index (κ2) is 7.55. The Balaban J connectivity index is 0.000000185. The number of esters is 1. The Morgan fingerprint density at radius 2 is 2.04 bits per heavy atom. The second-order valence-electron chi connectivity index (χ2n) is 4.70. The van der Waals surface area contributed by atoms with Crippen LogP contribution in [0.15, 0.2) is 30.6 Å². The van der Waals surface area contributed by atoms with Crippen LogP contribution in [0, 0.1) is 18.6 Å². The van der Waals surface area contributed by atoms with Crippen LogP contribution in [-0.2, 0) is 11.3 Å². The third kappa shape index (κ3) is 3.87. The summed E-state index contributed by atoms with van der Waals surface area (Å²) in [7, 11) is 1.32. The molecule has 3 rings (SSSR count). The maximum Gasteiger partial charge on any atom is 0.356 e. The van der Waals surface area contributed by atoms with E-state index in [0.29, 0.717) is 22.7 Å². The van der Waals surface area contributed by atoms with Gasteiger partial charge in [0.1, 0.15) is 6.33 Å². The van der Waals surface area contributed by atoms with Gasteiger partial charge in [0.2, 0.25) is 0 Å². The molecule has 1 aromatic carbocycles. The summed E-state index contributed by atoms with van der Waals surface area (Å²) in [5.74, 6) is -1.74. The number of aromatic nitrogens is 4. The second-order valence-corrected chi connectivity index (χ2v) is 4.70. The fourth-order valence-corrected chi connectivity index (χ4v) is 1.85. The van der Waals surface area contributed by atoms with E-state index in [0.717, 1.165) is 12.1 Å². The third-order valence-electron chi connectivity index (χ3n) is 2.99. The van der Waals surface area contributed by atoms with E-state index in [2.05, 4.69) is 19.8 Å². The van der Waals surface area contributed by atoms with E-state index < -0.39 is 17.6 Å². The highest BCUT2D eigenvalue weighted by Crippen LogP contribution is 2.07. The molecule has 0 bridgehead atoms. The minimum atomic E-state index is -0.844. The predicted molar refractivity (Wildman–Crippen MR) is 81.1 cm³/mol. The summed E-state index contributed by atoms with van der Waals surface area (Å²) in [6.07, 6.45) is 1.34. The molecule has 7 nitrogen and oxygen atoms in total. The van der Waals surface area contributed by atoms with E-state index in [1.807, 2.05) is 0 Å². The average molecular weight is 335 g/mol. The number of ether oxygens (including phenoxy) is 1. The van der Waals surface area contributed by atoms with E-state index in [1.165, 1.54) is 24.0 Å². The lowest BCUT2D eigenvalue weighted by Crippen LogP contribution is -2.10. The SMILES string of the molecule is COC(=O)c1cc(C)nc2ncnn12.NCc1ccc(F)c(F)c1. The summed E-state index contributed by atoms with van der Waals surface area (Å²) in [6, 6.07) is 5.22. The topological polar surface area (TPSA) is 95.4 Å². The summed E-state index contributed by atoms with van der Waals surface area (Å²) in [5.41, 5.74) is 6.80. The lowest BCUT2D eigenvalue weighted by molar-refractivity contribution is 0.0590. The number of carbonyl (C=O) groups is 1. The normalized spacial score (nSPS) is 10.2. The molecule has 24 heavy (non-hydrogen) atoms. The maximum atomic E-state index is 12.3. The quantitative estimate of drug-likeness (QED) is 0.715. The first kappa shape index (κ1) is 17.4. The summed E-state index contributed by atoms with van der Waals surface area (Å²) in [4.78, 5) is 19.3. The van der Waals surface area contributed by atoms with Crippen molar-refractivity contribution in [3.63, 3.8) is 0 Å². The number of nitrogens with zero attached hydrogens (tertiary/aromatic N) is 4. The van der Waals surface area contributed by atoms with Crippen LogP contribution in [0.25, 0.3) is 5.78 Å². The van der Waals surface area contributed by atoms with Gasteiger partial charge in [-0.2, -0.15) is 14.6 Å². The first-order chi connectivity index (χ1) is 11.5. The lowest BCUT2D eigenvalue weighted by atomic mass is 10.2. The van der Waals surface area contributed by atoms with Crippen molar-refractivity contribution in [1.29, 1.82) is 0 Å². The van der Waals surface area contributed by atoms with E-state index in [4.69, 9.17) is 5.73 Å². The number of hydrogen-bond acceptors (Lipinski definition) is 6. The molecule has 2 heterocycles. The highest BCUT2D eigenvalue weighted by molar-refractivity contribution is 5.87. The van der Waals surface area contributed by atoms with E-state index >= 15 is 0 Å². The standard InChI is InChI=1S/C8H8N4O2.C7H7F2N/c1-5-3-6(7(13)14-2)12-8(11-5)9-4-10-12;8-6-2-1-5(4-10)3-7(6)9/h3-4H,1-2H3;1-3H,4,10H2. The number of rotatable bonds is 2. The minimum Gasteiger partial charge on any atom is -0.464 e. The Kier molecular flexibility index (Phi) is 5.48. The largest absolute Gasteiger partial charge is 0.464 e. The van der Waals surface area contributed by atoms with Crippen LogP contribution < -0.4 is 5.73 Å². The fraction of sp³-hybridized carbons (Fsp3) is 0.200. The number of fused-ring (bicyclic) bond motifs is 1. The highest BCUT2D eigenvalue weighted by atomic mass is 19.2. The molecule has 0 amide bonds. The molecule has 0 saturated carbocycles. The zero-order chi connectivity index (χ0) is 17.7. The Labute approximate surface area is 136 Å². The minimum absolute atomic E-state index is 0.233. The van der Waals surface area contributed by atoms with Gasteiger partial charge in [-0.15, -0.1) is 0 Å². The monoisotopic (exact) mass is 335 g/mol. The molecule has 2 N–H and O–H groups in total. The molecular weight excluding hydrogens is 320 g/mol. The van der Waals surface area contributed by atoms with Crippen molar-refractivity contribution in [1.82, 2.24) is 19.6 Å². The van der Waals surface area contributed by atoms with Gasteiger partial charge in [0.05, 0.1) is 7.11 Å². The van der Waals surface area contributed by atoms with Gasteiger partial charge < -0.3 is 10.5 Å². The van der Waals surface area contributed by atoms with Gasteiger partial charge in [0, 0.05) is 12.2 Å². The molecule has 2 aromatic heterocycles. The van der Waals surface area contributed by atoms with Crippen molar-refractivity contribution in [2.45, 2.75) is 13.5 Å². The summed E-state index contributed by atoms with van der Waals surface area (Å²) < 4.78 is 30.5. The maximum absolute atomic E-state index is 12.3. The van der Waals surface area contributed by atoms with Gasteiger partial charge >= 0.3 is 5.97 Å². The molecule has 0 radical (unpaired) electrons. The number of hydrogen-bond donors (Lipinski definition) is 1. The zero-order valence-corrected chi connectivity index (χ0v) is 13.0. The van der Waals surface area contributed by atoms with Gasteiger partial charge in [-0.05, 0) is 30.7 Å². The lowest BCUT2D eigenvalue weighted by Gasteiger charge is -2.01. The number of methoxy groups -OCH3 is 1. The summed E-state index contributed by atoms with van der Waals surface area (Å²) in [5, 5.41) is 3.87. The first-order valence-electron chi connectivity index (χ1n) is 6.86.